The van der Waals surface area contributed by atoms with Crippen molar-refractivity contribution >= 4 is 33.9 Å². The topological polar surface area (TPSA) is 12.5 Å². The number of benzene rings is 7. The number of anilines is 3. The Kier molecular flexibility index (Phi) is 7.94. The zero-order chi connectivity index (χ0) is 30.4. The van der Waals surface area contributed by atoms with Crippen LogP contribution < -0.4 is 9.64 Å². The van der Waals surface area contributed by atoms with Crippen molar-refractivity contribution in [1.82, 2.24) is 0 Å². The summed E-state index contributed by atoms with van der Waals surface area (Å²) in [5, 5.41) is 2.43. The fourth-order valence-corrected chi connectivity index (χ4v) is 5.73. The molecule has 0 aliphatic heterocycles. The number of nitrogens with zero attached hydrogens (tertiary/aromatic N) is 1. The van der Waals surface area contributed by atoms with Gasteiger partial charge in [0.05, 0.1) is 5.69 Å². The summed E-state index contributed by atoms with van der Waals surface area (Å²) in [5.74, 6) is 0.851. The van der Waals surface area contributed by atoms with E-state index in [1.165, 1.54) is 21.9 Å². The van der Waals surface area contributed by atoms with Crippen LogP contribution in [0.15, 0.2) is 176 Å². The highest BCUT2D eigenvalue weighted by Crippen LogP contribution is 2.40. The molecule has 0 aliphatic rings. The third-order valence-electron chi connectivity index (χ3n) is 8.17. The van der Waals surface area contributed by atoms with Crippen LogP contribution in [0.1, 0.15) is 11.1 Å². The zero-order valence-corrected chi connectivity index (χ0v) is 25.0. The van der Waals surface area contributed by atoms with Crippen LogP contribution in [0.4, 0.5) is 17.1 Å². The van der Waals surface area contributed by atoms with Crippen LogP contribution in [0.3, 0.4) is 0 Å². The molecule has 45 heavy (non-hydrogen) atoms. The Balaban J connectivity index is 1.16. The van der Waals surface area contributed by atoms with Gasteiger partial charge in [0.1, 0.15) is 12.4 Å². The first-order chi connectivity index (χ1) is 22.2. The fraction of sp³-hybridized carbons (Fsp3) is 0.0233. The fourth-order valence-electron chi connectivity index (χ4n) is 5.73. The number of hydrogen-bond donors (Lipinski definition) is 0. The summed E-state index contributed by atoms with van der Waals surface area (Å²) in [6.45, 7) is 4.35. The molecule has 0 heterocycles. The first-order valence-electron chi connectivity index (χ1n) is 15.2. The van der Waals surface area contributed by atoms with E-state index in [4.69, 9.17) is 4.74 Å². The number of rotatable bonds is 9. The highest BCUT2D eigenvalue weighted by atomic mass is 16.5. The van der Waals surface area contributed by atoms with E-state index < -0.39 is 0 Å². The van der Waals surface area contributed by atoms with Crippen molar-refractivity contribution < 1.29 is 4.74 Å². The maximum Gasteiger partial charge on any atom is 0.119 e. The van der Waals surface area contributed by atoms with Gasteiger partial charge in [0.15, 0.2) is 0 Å². The van der Waals surface area contributed by atoms with Crippen LogP contribution in [-0.2, 0) is 6.61 Å². The summed E-state index contributed by atoms with van der Waals surface area (Å²) in [6, 6.07) is 59.8. The van der Waals surface area contributed by atoms with Crippen molar-refractivity contribution in [2.45, 2.75) is 6.61 Å². The largest absolute Gasteiger partial charge is 0.489 e. The summed E-state index contributed by atoms with van der Waals surface area (Å²) < 4.78 is 6.04. The van der Waals surface area contributed by atoms with Gasteiger partial charge >= 0.3 is 0 Å². The first-order valence-corrected chi connectivity index (χ1v) is 15.2. The van der Waals surface area contributed by atoms with Crippen LogP contribution in [-0.4, -0.2) is 0 Å². The molecule has 0 radical (unpaired) electrons. The van der Waals surface area contributed by atoms with Crippen molar-refractivity contribution in [3.05, 3.63) is 188 Å². The molecule has 0 N–H and O–H groups in total. The maximum atomic E-state index is 6.04. The predicted octanol–water partition coefficient (Wildman–Crippen LogP) is 11.9. The molecule has 216 valence electrons. The number of fused-ring (bicyclic) bond motifs is 1. The Morgan fingerprint density at radius 3 is 1.64 bits per heavy atom. The van der Waals surface area contributed by atoms with Crippen molar-refractivity contribution in [2.24, 2.45) is 0 Å². The SMILES string of the molecule is C=Cc1ccc(COc2ccc(-c3ccc(N(c4ccc(-c5ccccc5)cc4)c4cccc5ccccc45)cc3)cc2)cc1. The van der Waals surface area contributed by atoms with Gasteiger partial charge in [-0.05, 0) is 81.2 Å². The minimum atomic E-state index is 0.530. The molecule has 0 aromatic heterocycles. The van der Waals surface area contributed by atoms with Crippen molar-refractivity contribution in [3.63, 3.8) is 0 Å². The van der Waals surface area contributed by atoms with Gasteiger partial charge in [0, 0.05) is 16.8 Å². The van der Waals surface area contributed by atoms with Gasteiger partial charge in [-0.25, -0.2) is 0 Å². The molecule has 0 aliphatic carbocycles. The Morgan fingerprint density at radius 1 is 0.489 bits per heavy atom. The van der Waals surface area contributed by atoms with Crippen LogP contribution in [0, 0.1) is 0 Å². The second-order valence-corrected chi connectivity index (χ2v) is 11.1. The van der Waals surface area contributed by atoms with Crippen LogP contribution in [0.5, 0.6) is 5.75 Å². The van der Waals surface area contributed by atoms with E-state index in [0.717, 1.165) is 45.1 Å². The summed E-state index contributed by atoms with van der Waals surface area (Å²) in [4.78, 5) is 2.35. The molecule has 0 spiro atoms. The summed E-state index contributed by atoms with van der Waals surface area (Å²) in [5.41, 5.74) is 10.3. The van der Waals surface area contributed by atoms with E-state index in [1.807, 2.05) is 18.2 Å². The molecule has 0 saturated heterocycles. The number of ether oxygens (including phenoxy) is 1. The maximum absolute atomic E-state index is 6.04. The molecule has 2 heteroatoms. The smallest absolute Gasteiger partial charge is 0.119 e. The Morgan fingerprint density at radius 2 is 1.02 bits per heavy atom. The lowest BCUT2D eigenvalue weighted by molar-refractivity contribution is 0.306. The van der Waals surface area contributed by atoms with Crippen molar-refractivity contribution in [2.75, 3.05) is 4.90 Å². The summed E-state index contributed by atoms with van der Waals surface area (Å²) in [6.07, 6.45) is 1.85. The normalized spacial score (nSPS) is 10.8. The molecule has 7 aromatic rings. The zero-order valence-electron chi connectivity index (χ0n) is 25.0. The molecule has 0 unspecified atom stereocenters. The van der Waals surface area contributed by atoms with Gasteiger partial charge in [-0.2, -0.15) is 0 Å². The number of hydrogen-bond acceptors (Lipinski definition) is 2. The van der Waals surface area contributed by atoms with Crippen LogP contribution in [0.25, 0.3) is 39.1 Å². The van der Waals surface area contributed by atoms with Crippen molar-refractivity contribution in [1.29, 1.82) is 0 Å². The first kappa shape index (κ1) is 27.9. The van der Waals surface area contributed by atoms with Crippen LogP contribution in [0.2, 0.25) is 0 Å². The van der Waals surface area contributed by atoms with Crippen LogP contribution >= 0.6 is 0 Å². The van der Waals surface area contributed by atoms with Gasteiger partial charge in [-0.15, -0.1) is 0 Å². The minimum absolute atomic E-state index is 0.530. The van der Waals surface area contributed by atoms with E-state index in [1.54, 1.807) is 0 Å². The third kappa shape index (κ3) is 6.13. The van der Waals surface area contributed by atoms with Gasteiger partial charge in [0.2, 0.25) is 0 Å². The highest BCUT2D eigenvalue weighted by Gasteiger charge is 2.16. The second kappa shape index (κ2) is 12.8. The van der Waals surface area contributed by atoms with Gasteiger partial charge < -0.3 is 9.64 Å². The average Bonchev–Trinajstić information content (AvgIpc) is 3.12. The molecular weight excluding hydrogens is 546 g/mol. The highest BCUT2D eigenvalue weighted by molar-refractivity contribution is 5.99. The predicted molar refractivity (Wildman–Crippen MR) is 190 cm³/mol. The molecule has 7 rings (SSSR count). The van der Waals surface area contributed by atoms with Gasteiger partial charge in [0.25, 0.3) is 0 Å². The van der Waals surface area contributed by atoms with E-state index in [0.29, 0.717) is 6.61 Å². The summed E-state index contributed by atoms with van der Waals surface area (Å²) >= 11 is 0. The molecule has 0 atom stereocenters. The Labute approximate surface area is 265 Å². The molecule has 2 nitrogen and oxygen atoms in total. The molecular formula is C43H33NO. The third-order valence-corrected chi connectivity index (χ3v) is 8.17. The molecule has 0 amide bonds. The molecule has 7 aromatic carbocycles. The Bertz CT molecular complexity index is 2020. The lowest BCUT2D eigenvalue weighted by atomic mass is 10.0. The quantitative estimate of drug-likeness (QED) is 0.169. The van der Waals surface area contributed by atoms with E-state index >= 15 is 0 Å². The van der Waals surface area contributed by atoms with E-state index in [2.05, 4.69) is 169 Å². The minimum Gasteiger partial charge on any atom is -0.489 e. The molecule has 0 bridgehead atoms. The second-order valence-electron chi connectivity index (χ2n) is 11.1. The van der Waals surface area contributed by atoms with Gasteiger partial charge in [-0.3, -0.25) is 0 Å². The lowest BCUT2D eigenvalue weighted by Gasteiger charge is -2.27. The van der Waals surface area contributed by atoms with Gasteiger partial charge in [-0.1, -0.05) is 140 Å². The molecule has 0 fully saturated rings. The summed E-state index contributed by atoms with van der Waals surface area (Å²) in [7, 11) is 0. The Hall–Kier alpha value is -5.86. The van der Waals surface area contributed by atoms with E-state index in [9.17, 15) is 0 Å². The standard InChI is InChI=1S/C43H33NO/c1-2-32-15-17-33(18-16-32)31-45-41-29-23-37(24-30-41)36-21-27-40(28-22-36)44(43-14-8-12-38-11-6-7-13-42(38)43)39-25-19-35(20-26-39)34-9-4-3-5-10-34/h2-30H,1,31H2. The van der Waals surface area contributed by atoms with Crippen molar-refractivity contribution in [3.8, 4) is 28.0 Å². The monoisotopic (exact) mass is 579 g/mol. The van der Waals surface area contributed by atoms with E-state index in [-0.39, 0.29) is 0 Å². The lowest BCUT2D eigenvalue weighted by Crippen LogP contribution is -2.10. The molecule has 0 saturated carbocycles. The average molecular weight is 580 g/mol.